The van der Waals surface area contributed by atoms with Gasteiger partial charge in [-0.15, -0.1) is 0 Å². The average molecular weight is 368 g/mol. The van der Waals surface area contributed by atoms with Crippen LogP contribution >= 0.6 is 22.6 Å². The third-order valence-corrected chi connectivity index (χ3v) is 2.83. The van der Waals surface area contributed by atoms with Crippen molar-refractivity contribution in [3.63, 3.8) is 0 Å². The van der Waals surface area contributed by atoms with Gasteiger partial charge in [-0.1, -0.05) is 0 Å². The molecule has 0 atom stereocenters. The standard InChI is InChI=1S/C11H5F4IN2/c12-7-9(8(13)11(15)18-10(7)14)17-6-3-1-5(16)2-4-6/h1-4H,(H,17,18). The van der Waals surface area contributed by atoms with Crippen LogP contribution in [0.4, 0.5) is 28.9 Å². The van der Waals surface area contributed by atoms with E-state index in [2.05, 4.69) is 10.3 Å². The summed E-state index contributed by atoms with van der Waals surface area (Å²) in [6.45, 7) is 0. The second kappa shape index (κ2) is 5.09. The lowest BCUT2D eigenvalue weighted by Gasteiger charge is -2.09. The van der Waals surface area contributed by atoms with Crippen molar-refractivity contribution in [3.8, 4) is 0 Å². The van der Waals surface area contributed by atoms with E-state index >= 15 is 0 Å². The van der Waals surface area contributed by atoms with Crippen molar-refractivity contribution in [1.29, 1.82) is 0 Å². The molecular weight excluding hydrogens is 363 g/mol. The minimum atomic E-state index is -1.69. The number of nitrogens with one attached hydrogen (secondary N) is 1. The number of anilines is 2. The number of pyridine rings is 1. The van der Waals surface area contributed by atoms with E-state index < -0.39 is 29.2 Å². The molecule has 0 bridgehead atoms. The van der Waals surface area contributed by atoms with Crippen LogP contribution in [0.3, 0.4) is 0 Å². The van der Waals surface area contributed by atoms with Gasteiger partial charge < -0.3 is 5.32 Å². The van der Waals surface area contributed by atoms with E-state index in [4.69, 9.17) is 0 Å². The highest BCUT2D eigenvalue weighted by atomic mass is 127. The highest BCUT2D eigenvalue weighted by molar-refractivity contribution is 14.1. The van der Waals surface area contributed by atoms with Gasteiger partial charge in [0.05, 0.1) is 0 Å². The summed E-state index contributed by atoms with van der Waals surface area (Å²) in [4.78, 5) is 2.46. The summed E-state index contributed by atoms with van der Waals surface area (Å²) >= 11 is 2.05. The number of benzene rings is 1. The summed E-state index contributed by atoms with van der Waals surface area (Å²) in [5.41, 5.74) is -0.598. The molecule has 94 valence electrons. The van der Waals surface area contributed by atoms with Gasteiger partial charge in [-0.3, -0.25) is 0 Å². The van der Waals surface area contributed by atoms with Crippen LogP contribution in [0.15, 0.2) is 24.3 Å². The fraction of sp³-hybridized carbons (Fsp3) is 0. The van der Waals surface area contributed by atoms with E-state index in [1.54, 1.807) is 12.1 Å². The average Bonchev–Trinajstić information content (AvgIpc) is 2.34. The monoisotopic (exact) mass is 368 g/mol. The summed E-state index contributed by atoms with van der Waals surface area (Å²) in [5, 5.41) is 2.28. The Bertz CT molecular complexity index is 560. The first-order valence-electron chi connectivity index (χ1n) is 4.71. The lowest BCUT2D eigenvalue weighted by Crippen LogP contribution is -2.05. The molecule has 1 aromatic carbocycles. The highest BCUT2D eigenvalue weighted by Crippen LogP contribution is 2.26. The number of aromatic nitrogens is 1. The second-order valence-corrected chi connectivity index (χ2v) is 4.57. The van der Waals surface area contributed by atoms with Crippen LogP contribution in [0.5, 0.6) is 0 Å². The Morgan fingerprint density at radius 2 is 1.39 bits per heavy atom. The Kier molecular flexibility index (Phi) is 3.69. The third-order valence-electron chi connectivity index (χ3n) is 2.11. The summed E-state index contributed by atoms with van der Waals surface area (Å²) < 4.78 is 53.2. The first kappa shape index (κ1) is 13.1. The van der Waals surface area contributed by atoms with Gasteiger partial charge in [-0.05, 0) is 46.9 Å². The molecule has 2 aromatic rings. The number of halogens is 5. The van der Waals surface area contributed by atoms with Gasteiger partial charge in [-0.2, -0.15) is 22.5 Å². The number of rotatable bonds is 2. The van der Waals surface area contributed by atoms with E-state index in [1.165, 1.54) is 12.1 Å². The second-order valence-electron chi connectivity index (χ2n) is 3.33. The molecule has 0 saturated heterocycles. The largest absolute Gasteiger partial charge is 0.350 e. The number of hydrogen-bond donors (Lipinski definition) is 1. The van der Waals surface area contributed by atoms with Crippen molar-refractivity contribution < 1.29 is 17.6 Å². The SMILES string of the molecule is Fc1nc(F)c(F)c(Nc2ccc(I)cc2)c1F. The van der Waals surface area contributed by atoms with Gasteiger partial charge in [0.15, 0.2) is 0 Å². The maximum atomic E-state index is 13.3. The molecule has 0 aliphatic carbocycles. The van der Waals surface area contributed by atoms with Crippen molar-refractivity contribution >= 4 is 34.0 Å². The fourth-order valence-electron chi connectivity index (χ4n) is 1.27. The summed E-state index contributed by atoms with van der Waals surface area (Å²) in [7, 11) is 0. The Balaban J connectivity index is 2.42. The van der Waals surface area contributed by atoms with Crippen molar-refractivity contribution in [2.45, 2.75) is 0 Å². The lowest BCUT2D eigenvalue weighted by atomic mass is 10.3. The zero-order valence-corrected chi connectivity index (χ0v) is 10.8. The molecule has 2 rings (SSSR count). The summed E-state index contributed by atoms with van der Waals surface area (Å²) in [6, 6.07) is 6.40. The van der Waals surface area contributed by atoms with E-state index in [9.17, 15) is 17.6 Å². The van der Waals surface area contributed by atoms with E-state index in [-0.39, 0.29) is 0 Å². The first-order chi connectivity index (χ1) is 8.49. The zero-order chi connectivity index (χ0) is 13.3. The molecular formula is C11H5F4IN2. The van der Waals surface area contributed by atoms with Crippen LogP contribution in [0.2, 0.25) is 0 Å². The molecule has 7 heteroatoms. The normalized spacial score (nSPS) is 10.5. The molecule has 0 amide bonds. The van der Waals surface area contributed by atoms with Gasteiger partial charge in [-0.25, -0.2) is 0 Å². The smallest absolute Gasteiger partial charge is 0.253 e. The van der Waals surface area contributed by atoms with Gasteiger partial charge in [0, 0.05) is 9.26 Å². The highest BCUT2D eigenvalue weighted by Gasteiger charge is 2.20. The Labute approximate surface area is 113 Å². The van der Waals surface area contributed by atoms with Gasteiger partial charge in [0.25, 0.3) is 11.9 Å². The van der Waals surface area contributed by atoms with E-state index in [1.807, 2.05) is 22.6 Å². The van der Waals surface area contributed by atoms with Crippen LogP contribution in [-0.2, 0) is 0 Å². The molecule has 0 unspecified atom stereocenters. The van der Waals surface area contributed by atoms with Crippen LogP contribution in [0.25, 0.3) is 0 Å². The molecule has 1 heterocycles. The lowest BCUT2D eigenvalue weighted by molar-refractivity contribution is 0.411. The Morgan fingerprint density at radius 3 is 1.89 bits per heavy atom. The first-order valence-corrected chi connectivity index (χ1v) is 5.79. The summed E-state index contributed by atoms with van der Waals surface area (Å²) in [6.07, 6.45) is 0. The third kappa shape index (κ3) is 2.55. The van der Waals surface area contributed by atoms with Crippen molar-refractivity contribution in [2.24, 2.45) is 0 Å². The van der Waals surface area contributed by atoms with Crippen LogP contribution in [-0.4, -0.2) is 4.98 Å². The number of hydrogen-bond acceptors (Lipinski definition) is 2. The fourth-order valence-corrected chi connectivity index (χ4v) is 1.63. The maximum absolute atomic E-state index is 13.3. The maximum Gasteiger partial charge on any atom is 0.253 e. The molecule has 0 aliphatic heterocycles. The molecule has 18 heavy (non-hydrogen) atoms. The molecule has 0 aliphatic rings. The Morgan fingerprint density at radius 1 is 0.889 bits per heavy atom. The molecule has 1 N–H and O–H groups in total. The quantitative estimate of drug-likeness (QED) is 0.493. The van der Waals surface area contributed by atoms with Gasteiger partial charge in [0.1, 0.15) is 5.69 Å². The molecule has 0 radical (unpaired) electrons. The van der Waals surface area contributed by atoms with Crippen molar-refractivity contribution in [3.05, 3.63) is 51.4 Å². The molecule has 0 spiro atoms. The number of nitrogens with zero attached hydrogens (tertiary/aromatic N) is 1. The summed E-state index contributed by atoms with van der Waals surface area (Å²) in [5.74, 6) is -6.51. The topological polar surface area (TPSA) is 24.9 Å². The molecule has 2 nitrogen and oxygen atoms in total. The van der Waals surface area contributed by atoms with E-state index in [0.717, 1.165) is 3.57 Å². The predicted molar refractivity (Wildman–Crippen MR) is 66.5 cm³/mol. The van der Waals surface area contributed by atoms with Gasteiger partial charge >= 0.3 is 0 Å². The minimum Gasteiger partial charge on any atom is -0.350 e. The molecule has 0 fully saturated rings. The van der Waals surface area contributed by atoms with Crippen molar-refractivity contribution in [1.82, 2.24) is 4.98 Å². The van der Waals surface area contributed by atoms with Crippen LogP contribution < -0.4 is 5.32 Å². The van der Waals surface area contributed by atoms with Crippen LogP contribution in [0.1, 0.15) is 0 Å². The molecule has 0 saturated carbocycles. The minimum absolute atomic E-state index is 0.304. The van der Waals surface area contributed by atoms with Gasteiger partial charge in [0.2, 0.25) is 11.6 Å². The zero-order valence-electron chi connectivity index (χ0n) is 8.65. The van der Waals surface area contributed by atoms with E-state index in [0.29, 0.717) is 5.69 Å². The Hall–Kier alpha value is -1.38. The van der Waals surface area contributed by atoms with Crippen LogP contribution in [0, 0.1) is 27.1 Å². The predicted octanol–water partition coefficient (Wildman–Crippen LogP) is 3.99. The van der Waals surface area contributed by atoms with Crippen molar-refractivity contribution in [2.75, 3.05) is 5.32 Å². The molecule has 1 aromatic heterocycles.